The van der Waals surface area contributed by atoms with Gasteiger partial charge in [-0.25, -0.2) is 0 Å². The van der Waals surface area contributed by atoms with Gasteiger partial charge in [0.1, 0.15) is 23.4 Å². The van der Waals surface area contributed by atoms with Gasteiger partial charge in [-0.2, -0.15) is 0 Å². The van der Waals surface area contributed by atoms with E-state index in [9.17, 15) is 5.11 Å². The lowest BCUT2D eigenvalue weighted by molar-refractivity contribution is 0.219. The molecule has 2 aromatic carbocycles. The fourth-order valence-corrected chi connectivity index (χ4v) is 2.30. The number of ether oxygens (including phenoxy) is 3. The van der Waals surface area contributed by atoms with Crippen LogP contribution >= 0.6 is 11.6 Å². The predicted molar refractivity (Wildman–Crippen MR) is 81.6 cm³/mol. The van der Waals surface area contributed by atoms with Gasteiger partial charge < -0.3 is 19.3 Å². The Hall–Kier alpha value is -1.91. The van der Waals surface area contributed by atoms with Crippen LogP contribution in [0.5, 0.6) is 17.2 Å². The van der Waals surface area contributed by atoms with E-state index in [2.05, 4.69) is 0 Å². The molecule has 0 aliphatic heterocycles. The van der Waals surface area contributed by atoms with Crippen LogP contribution in [0.4, 0.5) is 0 Å². The molecule has 0 heterocycles. The Kier molecular flexibility index (Phi) is 4.94. The fraction of sp³-hybridized carbons (Fsp3) is 0.250. The van der Waals surface area contributed by atoms with Crippen molar-refractivity contribution in [3.63, 3.8) is 0 Å². The van der Waals surface area contributed by atoms with Crippen molar-refractivity contribution < 1.29 is 19.3 Å². The van der Waals surface area contributed by atoms with Crippen LogP contribution in [-0.2, 0) is 0 Å². The molecular formula is C16H17ClO4. The Balaban J connectivity index is 2.39. The Morgan fingerprint density at radius 3 is 1.95 bits per heavy atom. The Labute approximate surface area is 128 Å². The van der Waals surface area contributed by atoms with Gasteiger partial charge >= 0.3 is 0 Å². The van der Waals surface area contributed by atoms with E-state index in [1.807, 2.05) is 0 Å². The quantitative estimate of drug-likeness (QED) is 0.919. The lowest BCUT2D eigenvalue weighted by Gasteiger charge is -2.15. The average molecular weight is 309 g/mol. The molecule has 1 unspecified atom stereocenters. The van der Waals surface area contributed by atoms with Crippen LogP contribution in [0.3, 0.4) is 0 Å². The molecule has 4 nitrogen and oxygen atoms in total. The van der Waals surface area contributed by atoms with Gasteiger partial charge in [0.25, 0.3) is 0 Å². The summed E-state index contributed by atoms with van der Waals surface area (Å²) in [5.74, 6) is 1.79. The third-order valence-electron chi connectivity index (χ3n) is 3.18. The molecule has 0 saturated carbocycles. The number of hydrogen-bond acceptors (Lipinski definition) is 4. The van der Waals surface area contributed by atoms with Crippen molar-refractivity contribution in [2.45, 2.75) is 6.10 Å². The summed E-state index contributed by atoms with van der Waals surface area (Å²) in [7, 11) is 4.68. The Bertz CT molecular complexity index is 605. The van der Waals surface area contributed by atoms with E-state index >= 15 is 0 Å². The molecule has 0 aromatic heterocycles. The van der Waals surface area contributed by atoms with E-state index in [0.29, 0.717) is 33.4 Å². The average Bonchev–Trinajstić information content (AvgIpc) is 2.53. The van der Waals surface area contributed by atoms with Gasteiger partial charge in [-0.15, -0.1) is 0 Å². The number of hydrogen-bond donors (Lipinski definition) is 1. The van der Waals surface area contributed by atoms with Gasteiger partial charge in [0.15, 0.2) is 0 Å². The second kappa shape index (κ2) is 6.70. The zero-order chi connectivity index (χ0) is 15.4. The molecule has 5 heteroatoms. The topological polar surface area (TPSA) is 47.9 Å². The second-order valence-corrected chi connectivity index (χ2v) is 4.85. The number of methoxy groups -OCH3 is 3. The Morgan fingerprint density at radius 1 is 0.857 bits per heavy atom. The van der Waals surface area contributed by atoms with E-state index in [1.165, 1.54) is 0 Å². The summed E-state index contributed by atoms with van der Waals surface area (Å²) >= 11 is 6.09. The summed E-state index contributed by atoms with van der Waals surface area (Å²) in [5, 5.41) is 11.0. The molecule has 0 fully saturated rings. The fourth-order valence-electron chi connectivity index (χ4n) is 2.03. The van der Waals surface area contributed by atoms with Crippen LogP contribution < -0.4 is 14.2 Å². The third-order valence-corrected chi connectivity index (χ3v) is 3.48. The predicted octanol–water partition coefficient (Wildman–Crippen LogP) is 3.45. The number of aliphatic hydroxyl groups is 1. The largest absolute Gasteiger partial charge is 0.497 e. The van der Waals surface area contributed by atoms with E-state index in [4.69, 9.17) is 25.8 Å². The lowest BCUT2D eigenvalue weighted by atomic mass is 10.0. The van der Waals surface area contributed by atoms with Crippen LogP contribution in [-0.4, -0.2) is 26.4 Å². The normalized spacial score (nSPS) is 11.9. The molecule has 0 radical (unpaired) electrons. The highest BCUT2D eigenvalue weighted by atomic mass is 35.5. The third kappa shape index (κ3) is 3.40. The lowest BCUT2D eigenvalue weighted by Crippen LogP contribution is -2.01. The smallest absolute Gasteiger partial charge is 0.137 e. The highest BCUT2D eigenvalue weighted by Gasteiger charge is 2.15. The molecule has 0 amide bonds. The van der Waals surface area contributed by atoms with Gasteiger partial charge in [-0.3, -0.25) is 0 Å². The molecule has 0 spiro atoms. The van der Waals surface area contributed by atoms with Crippen LogP contribution in [0.1, 0.15) is 17.2 Å². The van der Waals surface area contributed by atoms with Crippen molar-refractivity contribution in [2.75, 3.05) is 21.3 Å². The van der Waals surface area contributed by atoms with E-state index in [-0.39, 0.29) is 0 Å². The first-order valence-corrected chi connectivity index (χ1v) is 6.71. The summed E-state index contributed by atoms with van der Waals surface area (Å²) in [6.07, 6.45) is -0.836. The molecule has 21 heavy (non-hydrogen) atoms. The molecule has 0 bridgehead atoms. The summed E-state index contributed by atoms with van der Waals surface area (Å²) in [6, 6.07) is 10.4. The van der Waals surface area contributed by atoms with Crippen LogP contribution in [0, 0.1) is 0 Å². The van der Waals surface area contributed by atoms with Gasteiger partial charge in [-0.1, -0.05) is 17.7 Å². The summed E-state index contributed by atoms with van der Waals surface area (Å²) < 4.78 is 15.5. The van der Waals surface area contributed by atoms with Crippen molar-refractivity contribution in [1.82, 2.24) is 0 Å². The minimum atomic E-state index is -0.836. The first kappa shape index (κ1) is 15.5. The van der Waals surface area contributed by atoms with Crippen molar-refractivity contribution in [3.05, 3.63) is 52.5 Å². The van der Waals surface area contributed by atoms with Gasteiger partial charge in [0, 0.05) is 6.07 Å². The molecule has 2 rings (SSSR count). The first-order chi connectivity index (χ1) is 10.1. The van der Waals surface area contributed by atoms with Gasteiger partial charge in [0.05, 0.1) is 26.4 Å². The van der Waals surface area contributed by atoms with E-state index in [1.54, 1.807) is 57.7 Å². The SMILES string of the molecule is COc1cc(OC)cc(C(O)c2ccc(OC)c(Cl)c2)c1. The second-order valence-electron chi connectivity index (χ2n) is 4.44. The maximum Gasteiger partial charge on any atom is 0.137 e. The van der Waals surface area contributed by atoms with Crippen molar-refractivity contribution in [3.8, 4) is 17.2 Å². The van der Waals surface area contributed by atoms with Gasteiger partial charge in [0.2, 0.25) is 0 Å². The summed E-state index contributed by atoms with van der Waals surface area (Å²) in [4.78, 5) is 0. The monoisotopic (exact) mass is 308 g/mol. The van der Waals surface area contributed by atoms with Crippen molar-refractivity contribution >= 4 is 11.6 Å². The number of halogens is 1. The highest BCUT2D eigenvalue weighted by molar-refractivity contribution is 6.32. The maximum atomic E-state index is 10.5. The molecular weight excluding hydrogens is 292 g/mol. The molecule has 2 aromatic rings. The Morgan fingerprint density at radius 2 is 1.48 bits per heavy atom. The summed E-state index contributed by atoms with van der Waals surface area (Å²) in [5.41, 5.74) is 1.32. The zero-order valence-electron chi connectivity index (χ0n) is 12.1. The number of benzene rings is 2. The van der Waals surface area contributed by atoms with Crippen molar-refractivity contribution in [1.29, 1.82) is 0 Å². The number of rotatable bonds is 5. The number of aliphatic hydroxyl groups excluding tert-OH is 1. The molecule has 0 aliphatic rings. The van der Waals surface area contributed by atoms with Crippen molar-refractivity contribution in [2.24, 2.45) is 0 Å². The molecule has 0 aliphatic carbocycles. The molecule has 1 N–H and O–H groups in total. The zero-order valence-corrected chi connectivity index (χ0v) is 12.8. The highest BCUT2D eigenvalue weighted by Crippen LogP contribution is 2.33. The van der Waals surface area contributed by atoms with Crippen LogP contribution in [0.2, 0.25) is 5.02 Å². The molecule has 1 atom stereocenters. The maximum absolute atomic E-state index is 10.5. The van der Waals surface area contributed by atoms with E-state index < -0.39 is 6.10 Å². The molecule has 112 valence electrons. The van der Waals surface area contributed by atoms with Crippen LogP contribution in [0.25, 0.3) is 0 Å². The minimum absolute atomic E-state index is 0.448. The molecule has 0 saturated heterocycles. The first-order valence-electron chi connectivity index (χ1n) is 6.33. The van der Waals surface area contributed by atoms with E-state index in [0.717, 1.165) is 0 Å². The standard InChI is InChI=1S/C16H17ClO4/c1-19-12-6-11(7-13(9-12)20-2)16(18)10-4-5-15(21-3)14(17)8-10/h4-9,16,18H,1-3H3. The minimum Gasteiger partial charge on any atom is -0.497 e. The van der Waals surface area contributed by atoms with Crippen LogP contribution in [0.15, 0.2) is 36.4 Å². The van der Waals surface area contributed by atoms with Gasteiger partial charge in [-0.05, 0) is 35.4 Å². The summed E-state index contributed by atoms with van der Waals surface area (Å²) in [6.45, 7) is 0.